The van der Waals surface area contributed by atoms with Crippen molar-refractivity contribution in [2.45, 2.75) is 26.8 Å². The molecule has 0 aliphatic rings. The van der Waals surface area contributed by atoms with Crippen molar-refractivity contribution >= 4 is 5.84 Å². The number of nitrogens with two attached hydrogens (primary N) is 1. The van der Waals surface area contributed by atoms with E-state index in [1.165, 1.54) is 0 Å². The molecule has 1 aromatic carbocycles. The monoisotopic (exact) mass is 279 g/mol. The van der Waals surface area contributed by atoms with E-state index in [1.54, 1.807) is 7.11 Å². The first-order valence-electron chi connectivity index (χ1n) is 6.75. The van der Waals surface area contributed by atoms with Crippen molar-refractivity contribution in [3.63, 3.8) is 0 Å². The van der Waals surface area contributed by atoms with Gasteiger partial charge in [-0.2, -0.15) is 0 Å². The number of oxime groups is 1. The highest BCUT2D eigenvalue weighted by molar-refractivity contribution is 5.97. The summed E-state index contributed by atoms with van der Waals surface area (Å²) in [5, 5.41) is 15.1. The summed E-state index contributed by atoms with van der Waals surface area (Å²) in [5.41, 5.74) is 7.61. The maximum atomic E-state index is 8.68. The number of methoxy groups -OCH3 is 1. The second-order valence-corrected chi connectivity index (χ2v) is 5.70. The largest absolute Gasteiger partial charge is 0.409 e. The van der Waals surface area contributed by atoms with Crippen LogP contribution in [0.2, 0.25) is 0 Å². The number of hydrogen-bond acceptors (Lipinski definition) is 4. The molecule has 20 heavy (non-hydrogen) atoms. The van der Waals surface area contributed by atoms with E-state index in [0.29, 0.717) is 0 Å². The van der Waals surface area contributed by atoms with Crippen LogP contribution in [0.1, 0.15) is 31.4 Å². The molecule has 1 rings (SSSR count). The van der Waals surface area contributed by atoms with Gasteiger partial charge in [0.05, 0.1) is 0 Å². The van der Waals surface area contributed by atoms with Gasteiger partial charge in [0, 0.05) is 32.4 Å². The molecule has 0 radical (unpaired) electrons. The van der Waals surface area contributed by atoms with Crippen LogP contribution in [0.4, 0.5) is 0 Å². The van der Waals surface area contributed by atoms with E-state index in [4.69, 9.17) is 15.7 Å². The van der Waals surface area contributed by atoms with Crippen LogP contribution < -0.4 is 11.1 Å². The maximum Gasteiger partial charge on any atom is 0.170 e. The summed E-state index contributed by atoms with van der Waals surface area (Å²) in [6.45, 7) is 6.86. The van der Waals surface area contributed by atoms with Crippen molar-refractivity contribution in [2.24, 2.45) is 16.3 Å². The Bertz CT molecular complexity index is 444. The lowest BCUT2D eigenvalue weighted by atomic mass is 9.89. The SMILES string of the molecule is COCCC(C)(C)CNCc1cccc(/C(N)=N/O)c1. The molecule has 0 saturated heterocycles. The third kappa shape index (κ3) is 5.59. The van der Waals surface area contributed by atoms with Gasteiger partial charge in [0.15, 0.2) is 5.84 Å². The molecule has 0 aliphatic carbocycles. The fourth-order valence-electron chi connectivity index (χ4n) is 1.91. The van der Waals surface area contributed by atoms with Crippen molar-refractivity contribution in [1.29, 1.82) is 0 Å². The van der Waals surface area contributed by atoms with Crippen LogP contribution in [0.5, 0.6) is 0 Å². The van der Waals surface area contributed by atoms with E-state index in [1.807, 2.05) is 24.3 Å². The molecule has 0 spiro atoms. The summed E-state index contributed by atoms with van der Waals surface area (Å²) in [6.07, 6.45) is 1.01. The molecule has 0 unspecified atom stereocenters. The Labute approximate surface area is 120 Å². The number of amidine groups is 1. The minimum Gasteiger partial charge on any atom is -0.409 e. The van der Waals surface area contributed by atoms with Gasteiger partial charge >= 0.3 is 0 Å². The molecule has 4 N–H and O–H groups in total. The van der Waals surface area contributed by atoms with Crippen molar-refractivity contribution in [1.82, 2.24) is 5.32 Å². The van der Waals surface area contributed by atoms with Gasteiger partial charge in [-0.25, -0.2) is 0 Å². The van der Waals surface area contributed by atoms with Gasteiger partial charge in [-0.3, -0.25) is 0 Å². The molecule has 0 bridgehead atoms. The zero-order valence-electron chi connectivity index (χ0n) is 12.5. The Morgan fingerprint density at radius 1 is 1.45 bits per heavy atom. The number of rotatable bonds is 8. The average Bonchev–Trinajstić information content (AvgIpc) is 2.44. The van der Waals surface area contributed by atoms with Crippen LogP contribution in [0.3, 0.4) is 0 Å². The van der Waals surface area contributed by atoms with E-state index >= 15 is 0 Å². The normalized spacial score (nSPS) is 12.7. The molecule has 1 aromatic rings. The summed E-state index contributed by atoms with van der Waals surface area (Å²) in [4.78, 5) is 0. The Morgan fingerprint density at radius 2 is 2.20 bits per heavy atom. The standard InChI is InChI=1S/C15H25N3O2/c1-15(2,7-8-20-3)11-17-10-12-5-4-6-13(9-12)14(16)18-19/h4-6,9,17,19H,7-8,10-11H2,1-3H3,(H2,16,18). The quantitative estimate of drug-likeness (QED) is 0.294. The van der Waals surface area contributed by atoms with Gasteiger partial charge in [0.25, 0.3) is 0 Å². The van der Waals surface area contributed by atoms with Gasteiger partial charge in [-0.15, -0.1) is 0 Å². The zero-order valence-corrected chi connectivity index (χ0v) is 12.5. The van der Waals surface area contributed by atoms with Crippen LogP contribution >= 0.6 is 0 Å². The summed E-state index contributed by atoms with van der Waals surface area (Å²) in [5.74, 6) is 0.132. The van der Waals surface area contributed by atoms with E-state index in [9.17, 15) is 0 Å². The molecule has 5 nitrogen and oxygen atoms in total. The number of benzene rings is 1. The smallest absolute Gasteiger partial charge is 0.170 e. The molecule has 5 heteroatoms. The Balaban J connectivity index is 2.50. The summed E-state index contributed by atoms with van der Waals surface area (Å²) in [6, 6.07) is 7.66. The van der Waals surface area contributed by atoms with Crippen molar-refractivity contribution in [2.75, 3.05) is 20.3 Å². The average molecular weight is 279 g/mol. The zero-order chi connectivity index (χ0) is 15.0. The minimum atomic E-state index is 0.132. The van der Waals surface area contributed by atoms with E-state index in [-0.39, 0.29) is 11.3 Å². The third-order valence-corrected chi connectivity index (χ3v) is 3.25. The molecule has 0 fully saturated rings. The maximum absolute atomic E-state index is 8.68. The lowest BCUT2D eigenvalue weighted by Crippen LogP contribution is -2.30. The molecular formula is C15H25N3O2. The van der Waals surface area contributed by atoms with Gasteiger partial charge in [-0.05, 0) is 23.5 Å². The molecular weight excluding hydrogens is 254 g/mol. The number of nitrogens with one attached hydrogen (secondary N) is 1. The molecule has 0 saturated carbocycles. The molecule has 112 valence electrons. The number of hydrogen-bond donors (Lipinski definition) is 3. The molecule has 0 aliphatic heterocycles. The van der Waals surface area contributed by atoms with Crippen LogP contribution in [0, 0.1) is 5.41 Å². The predicted octanol–water partition coefficient (Wildman–Crippen LogP) is 1.93. The second-order valence-electron chi connectivity index (χ2n) is 5.70. The summed E-state index contributed by atoms with van der Waals surface area (Å²) in [7, 11) is 1.72. The van der Waals surface area contributed by atoms with Gasteiger partial charge in [-0.1, -0.05) is 37.2 Å². The van der Waals surface area contributed by atoms with Crippen LogP contribution in [-0.4, -0.2) is 31.3 Å². The van der Waals surface area contributed by atoms with Crippen molar-refractivity contribution in [3.05, 3.63) is 35.4 Å². The highest BCUT2D eigenvalue weighted by Gasteiger charge is 2.16. The minimum absolute atomic E-state index is 0.132. The molecule has 0 amide bonds. The fourth-order valence-corrected chi connectivity index (χ4v) is 1.91. The highest BCUT2D eigenvalue weighted by atomic mass is 16.5. The van der Waals surface area contributed by atoms with Crippen molar-refractivity contribution < 1.29 is 9.94 Å². The predicted molar refractivity (Wildman–Crippen MR) is 80.9 cm³/mol. The summed E-state index contributed by atoms with van der Waals surface area (Å²) >= 11 is 0. The highest BCUT2D eigenvalue weighted by Crippen LogP contribution is 2.19. The van der Waals surface area contributed by atoms with E-state index in [0.717, 1.165) is 37.2 Å². The molecule has 0 heterocycles. The Morgan fingerprint density at radius 3 is 2.85 bits per heavy atom. The van der Waals surface area contributed by atoms with Gasteiger partial charge in [0.1, 0.15) is 0 Å². The van der Waals surface area contributed by atoms with Crippen molar-refractivity contribution in [3.8, 4) is 0 Å². The Hall–Kier alpha value is -1.59. The first-order valence-corrected chi connectivity index (χ1v) is 6.75. The lowest BCUT2D eigenvalue weighted by molar-refractivity contribution is 0.150. The summed E-state index contributed by atoms with van der Waals surface area (Å²) < 4.78 is 5.12. The molecule has 0 aromatic heterocycles. The second kappa shape index (κ2) is 7.87. The van der Waals surface area contributed by atoms with Crippen LogP contribution in [0.25, 0.3) is 0 Å². The van der Waals surface area contributed by atoms with E-state index in [2.05, 4.69) is 24.3 Å². The molecule has 0 atom stereocenters. The topological polar surface area (TPSA) is 79.9 Å². The van der Waals surface area contributed by atoms with Gasteiger partial charge < -0.3 is 21.0 Å². The number of ether oxygens (including phenoxy) is 1. The first kappa shape index (κ1) is 16.5. The van der Waals surface area contributed by atoms with E-state index < -0.39 is 0 Å². The van der Waals surface area contributed by atoms with Crippen LogP contribution in [0.15, 0.2) is 29.4 Å². The van der Waals surface area contributed by atoms with Gasteiger partial charge in [0.2, 0.25) is 0 Å². The first-order chi connectivity index (χ1) is 9.48. The Kier molecular flexibility index (Phi) is 6.48. The number of nitrogens with zero attached hydrogens (tertiary/aromatic N) is 1. The third-order valence-electron chi connectivity index (χ3n) is 3.25. The van der Waals surface area contributed by atoms with Crippen LogP contribution in [-0.2, 0) is 11.3 Å². The fraction of sp³-hybridized carbons (Fsp3) is 0.533. The lowest BCUT2D eigenvalue weighted by Gasteiger charge is -2.24.